The Morgan fingerprint density at radius 1 is 1.03 bits per heavy atom. The number of ketones is 1. The molecule has 0 radical (unpaired) electrons. The van der Waals surface area contributed by atoms with Crippen LogP contribution in [-0.4, -0.2) is 35.9 Å². The summed E-state index contributed by atoms with van der Waals surface area (Å²) in [5.74, 6) is -0.747. The first-order chi connectivity index (χ1) is 17.7. The molecule has 6 rings (SSSR count). The number of carbonyl (C=O) groups excluding carboxylic acids is 1. The highest BCUT2D eigenvalue weighted by Gasteiger charge is 2.65. The van der Waals surface area contributed by atoms with Gasteiger partial charge in [0.25, 0.3) is 0 Å². The molecular weight excluding hydrogens is 474 g/mol. The van der Waals surface area contributed by atoms with E-state index < -0.39 is 17.0 Å². The zero-order chi connectivity index (χ0) is 25.9. The molecule has 186 valence electrons. The quantitative estimate of drug-likeness (QED) is 0.382. The minimum Gasteiger partial charge on any atom is -0.300 e. The minimum atomic E-state index is -0.665. The van der Waals surface area contributed by atoms with Crippen LogP contribution in [0.3, 0.4) is 0 Å². The summed E-state index contributed by atoms with van der Waals surface area (Å²) in [7, 11) is 0. The maximum absolute atomic E-state index is 14.5. The number of nitrogens with zero attached hydrogens (tertiary/aromatic N) is 6. The third kappa shape index (κ3) is 3.40. The van der Waals surface area contributed by atoms with Crippen molar-refractivity contribution in [1.82, 2.24) is 30.1 Å². The zero-order valence-electron chi connectivity index (χ0n) is 20.7. The van der Waals surface area contributed by atoms with Crippen LogP contribution in [0.25, 0.3) is 22.5 Å². The maximum atomic E-state index is 14.5. The van der Waals surface area contributed by atoms with E-state index in [9.17, 15) is 13.6 Å². The minimum absolute atomic E-state index is 0.00596. The Hall–Kier alpha value is -4.01. The molecule has 7 nitrogen and oxygen atoms in total. The van der Waals surface area contributed by atoms with Crippen LogP contribution in [0.1, 0.15) is 62.3 Å². The summed E-state index contributed by atoms with van der Waals surface area (Å²) in [4.78, 5) is 29.5. The van der Waals surface area contributed by atoms with Gasteiger partial charge in [0, 0.05) is 24.2 Å². The SMILES string of the molecule is CC(=O)Cc1ncc(-c2cncc([C@@]34CC[C@@H](c5cc(-c6c(F)cccc6F)nnc53)C4(C)C)n2)cn1. The second-order valence-corrected chi connectivity index (χ2v) is 10.4. The molecule has 2 atom stereocenters. The van der Waals surface area contributed by atoms with E-state index in [1.807, 2.05) is 0 Å². The monoisotopic (exact) mass is 498 g/mol. The van der Waals surface area contributed by atoms with Crippen molar-refractivity contribution in [1.29, 1.82) is 0 Å². The number of rotatable bonds is 5. The Morgan fingerprint density at radius 3 is 2.46 bits per heavy atom. The van der Waals surface area contributed by atoms with Crippen molar-refractivity contribution >= 4 is 5.78 Å². The van der Waals surface area contributed by atoms with Gasteiger partial charge in [-0.05, 0) is 54.9 Å². The highest BCUT2D eigenvalue weighted by Crippen LogP contribution is 2.69. The molecular formula is C28H24F2N6O. The lowest BCUT2D eigenvalue weighted by Gasteiger charge is -2.37. The Morgan fingerprint density at radius 2 is 1.76 bits per heavy atom. The smallest absolute Gasteiger partial charge is 0.137 e. The summed E-state index contributed by atoms with van der Waals surface area (Å²) in [5, 5.41) is 8.86. The average Bonchev–Trinajstić information content (AvgIpc) is 3.25. The van der Waals surface area contributed by atoms with Gasteiger partial charge >= 0.3 is 0 Å². The highest BCUT2D eigenvalue weighted by molar-refractivity contribution is 5.77. The van der Waals surface area contributed by atoms with Gasteiger partial charge in [-0.3, -0.25) is 9.78 Å². The third-order valence-electron chi connectivity index (χ3n) is 8.08. The van der Waals surface area contributed by atoms with E-state index in [1.165, 1.54) is 25.1 Å². The number of hydrogen-bond acceptors (Lipinski definition) is 7. The molecule has 9 heteroatoms. The number of fused-ring (bicyclic) bond motifs is 5. The first-order valence-corrected chi connectivity index (χ1v) is 12.2. The molecule has 4 aromatic rings. The first-order valence-electron chi connectivity index (χ1n) is 12.2. The van der Waals surface area contributed by atoms with Crippen molar-refractivity contribution in [2.45, 2.75) is 51.4 Å². The highest BCUT2D eigenvalue weighted by atomic mass is 19.1. The lowest BCUT2D eigenvalue weighted by atomic mass is 9.66. The fraction of sp³-hybridized carbons (Fsp3) is 0.321. The van der Waals surface area contributed by atoms with Crippen LogP contribution in [0, 0.1) is 17.0 Å². The number of carbonyl (C=O) groups is 1. The van der Waals surface area contributed by atoms with Crippen LogP contribution in [-0.2, 0) is 16.6 Å². The fourth-order valence-electron chi connectivity index (χ4n) is 6.27. The van der Waals surface area contributed by atoms with Crippen molar-refractivity contribution in [3.63, 3.8) is 0 Å². The number of benzene rings is 1. The molecule has 2 bridgehead atoms. The number of halogens is 2. The van der Waals surface area contributed by atoms with Crippen LogP contribution in [0.15, 0.2) is 49.1 Å². The van der Waals surface area contributed by atoms with Gasteiger partial charge in [0.2, 0.25) is 0 Å². The van der Waals surface area contributed by atoms with Crippen LogP contribution in [0.4, 0.5) is 8.78 Å². The van der Waals surface area contributed by atoms with E-state index in [-0.39, 0.29) is 34.8 Å². The zero-order valence-corrected chi connectivity index (χ0v) is 20.7. The normalized spacial score (nSPS) is 21.2. The van der Waals surface area contributed by atoms with Crippen molar-refractivity contribution < 1.29 is 13.6 Å². The summed E-state index contributed by atoms with van der Waals surface area (Å²) in [6.07, 6.45) is 8.60. The van der Waals surface area contributed by atoms with Gasteiger partial charge in [0.05, 0.1) is 46.4 Å². The van der Waals surface area contributed by atoms with Gasteiger partial charge in [0.1, 0.15) is 23.2 Å². The van der Waals surface area contributed by atoms with Gasteiger partial charge in [0.15, 0.2) is 0 Å². The van der Waals surface area contributed by atoms with Gasteiger partial charge in [-0.25, -0.2) is 23.7 Å². The van der Waals surface area contributed by atoms with Gasteiger partial charge in [-0.2, -0.15) is 5.10 Å². The van der Waals surface area contributed by atoms with Gasteiger partial charge < -0.3 is 0 Å². The Bertz CT molecular complexity index is 1530. The molecule has 2 aliphatic carbocycles. The fourth-order valence-corrected chi connectivity index (χ4v) is 6.27. The van der Waals surface area contributed by atoms with Crippen LogP contribution in [0.2, 0.25) is 0 Å². The average molecular weight is 499 g/mol. The van der Waals surface area contributed by atoms with E-state index >= 15 is 0 Å². The molecule has 0 saturated heterocycles. The van der Waals surface area contributed by atoms with Crippen molar-refractivity contribution in [2.24, 2.45) is 5.41 Å². The van der Waals surface area contributed by atoms with Crippen LogP contribution < -0.4 is 0 Å². The van der Waals surface area contributed by atoms with Crippen molar-refractivity contribution in [3.8, 4) is 22.5 Å². The molecule has 3 aromatic heterocycles. The summed E-state index contributed by atoms with van der Waals surface area (Å²) in [5.41, 5.74) is 3.02. The topological polar surface area (TPSA) is 94.4 Å². The Balaban J connectivity index is 1.45. The number of hydrogen-bond donors (Lipinski definition) is 0. The predicted molar refractivity (Wildman–Crippen MR) is 131 cm³/mol. The van der Waals surface area contributed by atoms with E-state index in [0.717, 1.165) is 29.8 Å². The largest absolute Gasteiger partial charge is 0.300 e. The summed E-state index contributed by atoms with van der Waals surface area (Å²) in [6, 6.07) is 5.57. The second-order valence-electron chi connectivity index (χ2n) is 10.4. The molecule has 37 heavy (non-hydrogen) atoms. The maximum Gasteiger partial charge on any atom is 0.137 e. The summed E-state index contributed by atoms with van der Waals surface area (Å²) < 4.78 is 29.0. The molecule has 0 unspecified atom stereocenters. The molecule has 1 saturated carbocycles. The van der Waals surface area contributed by atoms with Crippen LogP contribution in [0.5, 0.6) is 0 Å². The summed E-state index contributed by atoms with van der Waals surface area (Å²) in [6.45, 7) is 5.87. The third-order valence-corrected chi connectivity index (χ3v) is 8.08. The van der Waals surface area contributed by atoms with Crippen molar-refractivity contribution in [3.05, 3.63) is 83.5 Å². The number of aromatic nitrogens is 6. The van der Waals surface area contributed by atoms with E-state index in [2.05, 4.69) is 39.0 Å². The molecule has 0 spiro atoms. The van der Waals surface area contributed by atoms with E-state index in [4.69, 9.17) is 4.98 Å². The molecule has 3 heterocycles. The lowest BCUT2D eigenvalue weighted by molar-refractivity contribution is -0.116. The molecule has 0 aliphatic heterocycles. The molecule has 1 aromatic carbocycles. The van der Waals surface area contributed by atoms with Crippen molar-refractivity contribution in [2.75, 3.05) is 0 Å². The Kier molecular flexibility index (Phi) is 5.22. The molecule has 0 amide bonds. The van der Waals surface area contributed by atoms with E-state index in [1.54, 1.807) is 30.9 Å². The second kappa shape index (κ2) is 8.26. The van der Waals surface area contributed by atoms with E-state index in [0.29, 0.717) is 17.1 Å². The lowest BCUT2D eigenvalue weighted by Crippen LogP contribution is -2.38. The van der Waals surface area contributed by atoms with Gasteiger partial charge in [-0.15, -0.1) is 5.10 Å². The molecule has 1 fully saturated rings. The standard InChI is InChI=1S/C28H24F2N6O/c1-15(37)9-24-32-11-16(12-33-24)22-13-31-14-23(34-22)28-8-7-18(27(28,2)3)17-10-21(35-36-26(17)28)25-19(29)5-4-6-20(25)30/h4-6,10-14,18H,7-9H2,1-3H3/t18-,28-/m0/s1. The summed E-state index contributed by atoms with van der Waals surface area (Å²) >= 11 is 0. The predicted octanol–water partition coefficient (Wildman–Crippen LogP) is 5.00. The first kappa shape index (κ1) is 23.4. The van der Waals surface area contributed by atoms with Gasteiger partial charge in [-0.1, -0.05) is 19.9 Å². The number of Topliss-reactive ketones (excluding diaryl/α,β-unsaturated/α-hetero) is 1. The molecule has 2 aliphatic rings. The Labute approximate surface area is 212 Å². The molecule has 0 N–H and O–H groups in total. The van der Waals surface area contributed by atoms with Crippen LogP contribution >= 0.6 is 0 Å².